The fourth-order valence-electron chi connectivity index (χ4n) is 1.97. The molecule has 1 atom stereocenters. The average molecular weight is 255 g/mol. The zero-order chi connectivity index (χ0) is 12.5. The first-order valence-electron chi connectivity index (χ1n) is 5.72. The SMILES string of the molecule is Cc1cccc(S(=O)(=O)N2CCCOC2C)c1. The third-order valence-electron chi connectivity index (χ3n) is 2.88. The Kier molecular flexibility index (Phi) is 3.51. The molecule has 1 fully saturated rings. The van der Waals surface area contributed by atoms with E-state index in [1.165, 1.54) is 4.31 Å². The first-order chi connectivity index (χ1) is 8.01. The molecule has 1 aromatic carbocycles. The molecule has 2 rings (SSSR count). The summed E-state index contributed by atoms with van der Waals surface area (Å²) in [4.78, 5) is 0.342. The Labute approximate surface area is 102 Å². The second-order valence-electron chi connectivity index (χ2n) is 4.26. The van der Waals surface area contributed by atoms with Crippen LogP contribution in [0, 0.1) is 6.92 Å². The Bertz CT molecular complexity index is 498. The fourth-order valence-corrected chi connectivity index (χ4v) is 3.64. The predicted molar refractivity (Wildman–Crippen MR) is 65.1 cm³/mol. The molecular formula is C12H17NO3S. The molecule has 0 amide bonds. The minimum Gasteiger partial charge on any atom is -0.362 e. The summed E-state index contributed by atoms with van der Waals surface area (Å²) >= 11 is 0. The van der Waals surface area contributed by atoms with E-state index in [0.717, 1.165) is 12.0 Å². The van der Waals surface area contributed by atoms with Gasteiger partial charge in [0.15, 0.2) is 0 Å². The second-order valence-corrected chi connectivity index (χ2v) is 6.15. The molecule has 0 N–H and O–H groups in total. The largest absolute Gasteiger partial charge is 0.362 e. The average Bonchev–Trinajstić information content (AvgIpc) is 2.29. The summed E-state index contributed by atoms with van der Waals surface area (Å²) in [6.07, 6.45) is 0.365. The zero-order valence-electron chi connectivity index (χ0n) is 10.1. The molecule has 17 heavy (non-hydrogen) atoms. The van der Waals surface area contributed by atoms with Gasteiger partial charge < -0.3 is 4.74 Å². The molecule has 0 aromatic heterocycles. The van der Waals surface area contributed by atoms with Crippen molar-refractivity contribution in [2.24, 2.45) is 0 Å². The molecule has 0 aliphatic carbocycles. The summed E-state index contributed by atoms with van der Waals surface area (Å²) in [5.74, 6) is 0. The number of sulfonamides is 1. The smallest absolute Gasteiger partial charge is 0.245 e. The molecule has 0 radical (unpaired) electrons. The van der Waals surface area contributed by atoms with E-state index in [4.69, 9.17) is 4.74 Å². The van der Waals surface area contributed by atoms with Crippen LogP contribution < -0.4 is 0 Å². The quantitative estimate of drug-likeness (QED) is 0.809. The third-order valence-corrected chi connectivity index (χ3v) is 4.83. The summed E-state index contributed by atoms with van der Waals surface area (Å²) in [6, 6.07) is 6.97. The minimum atomic E-state index is -3.43. The number of ether oxygens (including phenoxy) is 1. The van der Waals surface area contributed by atoms with Crippen molar-refractivity contribution in [3.8, 4) is 0 Å². The van der Waals surface area contributed by atoms with E-state index >= 15 is 0 Å². The van der Waals surface area contributed by atoms with Crippen molar-refractivity contribution in [2.45, 2.75) is 31.4 Å². The molecule has 1 aromatic rings. The van der Waals surface area contributed by atoms with Gasteiger partial charge in [0, 0.05) is 13.2 Å². The van der Waals surface area contributed by atoms with Gasteiger partial charge in [0.25, 0.3) is 0 Å². The Morgan fingerprint density at radius 3 is 2.82 bits per heavy atom. The molecule has 0 bridgehead atoms. The standard InChI is InChI=1S/C12H17NO3S/c1-10-5-3-6-12(9-10)17(14,15)13-7-4-8-16-11(13)2/h3,5-6,9,11H,4,7-8H2,1-2H3. The molecule has 1 saturated heterocycles. The first-order valence-corrected chi connectivity index (χ1v) is 7.16. The lowest BCUT2D eigenvalue weighted by Gasteiger charge is -2.32. The molecule has 5 heteroatoms. The monoisotopic (exact) mass is 255 g/mol. The minimum absolute atomic E-state index is 0.342. The molecular weight excluding hydrogens is 238 g/mol. The number of hydrogen-bond acceptors (Lipinski definition) is 3. The van der Waals surface area contributed by atoms with Crippen LogP contribution in [0.3, 0.4) is 0 Å². The summed E-state index contributed by atoms with van der Waals surface area (Å²) in [5.41, 5.74) is 0.941. The van der Waals surface area contributed by atoms with E-state index in [1.807, 2.05) is 13.0 Å². The van der Waals surface area contributed by atoms with E-state index in [-0.39, 0.29) is 6.23 Å². The second kappa shape index (κ2) is 4.76. The van der Waals surface area contributed by atoms with Gasteiger partial charge in [-0.05, 0) is 38.0 Å². The number of nitrogens with zero attached hydrogens (tertiary/aromatic N) is 1. The molecule has 1 unspecified atom stereocenters. The predicted octanol–water partition coefficient (Wildman–Crippen LogP) is 1.75. The number of hydrogen-bond donors (Lipinski definition) is 0. The Morgan fingerprint density at radius 1 is 1.41 bits per heavy atom. The first kappa shape index (κ1) is 12.5. The summed E-state index contributed by atoms with van der Waals surface area (Å²) in [5, 5.41) is 0. The van der Waals surface area contributed by atoms with Crippen molar-refractivity contribution in [1.82, 2.24) is 4.31 Å². The van der Waals surface area contributed by atoms with Crippen LogP contribution in [-0.2, 0) is 14.8 Å². The highest BCUT2D eigenvalue weighted by molar-refractivity contribution is 7.89. The Hall–Kier alpha value is -0.910. The lowest BCUT2D eigenvalue weighted by Crippen LogP contribution is -2.44. The van der Waals surface area contributed by atoms with Crippen LogP contribution in [0.15, 0.2) is 29.2 Å². The maximum Gasteiger partial charge on any atom is 0.245 e. The highest BCUT2D eigenvalue weighted by Gasteiger charge is 2.31. The van der Waals surface area contributed by atoms with Crippen LogP contribution in [0.25, 0.3) is 0 Å². The highest BCUT2D eigenvalue weighted by atomic mass is 32.2. The number of benzene rings is 1. The van der Waals surface area contributed by atoms with Gasteiger partial charge in [-0.3, -0.25) is 0 Å². The topological polar surface area (TPSA) is 46.6 Å². The highest BCUT2D eigenvalue weighted by Crippen LogP contribution is 2.22. The molecule has 1 heterocycles. The third kappa shape index (κ3) is 2.51. The van der Waals surface area contributed by atoms with Gasteiger partial charge >= 0.3 is 0 Å². The van der Waals surface area contributed by atoms with E-state index in [0.29, 0.717) is 18.0 Å². The van der Waals surface area contributed by atoms with E-state index in [9.17, 15) is 8.42 Å². The summed E-state index contributed by atoms with van der Waals surface area (Å²) in [6.45, 7) is 4.81. The Morgan fingerprint density at radius 2 is 2.18 bits per heavy atom. The molecule has 4 nitrogen and oxygen atoms in total. The van der Waals surface area contributed by atoms with Gasteiger partial charge in [-0.2, -0.15) is 4.31 Å². The van der Waals surface area contributed by atoms with Crippen LogP contribution >= 0.6 is 0 Å². The van der Waals surface area contributed by atoms with Crippen LogP contribution in [0.2, 0.25) is 0 Å². The van der Waals surface area contributed by atoms with Crippen molar-refractivity contribution in [3.05, 3.63) is 29.8 Å². The van der Waals surface area contributed by atoms with E-state index in [2.05, 4.69) is 0 Å². The summed E-state index contributed by atoms with van der Waals surface area (Å²) < 4.78 is 31.6. The zero-order valence-corrected chi connectivity index (χ0v) is 10.9. The van der Waals surface area contributed by atoms with Crippen molar-refractivity contribution in [1.29, 1.82) is 0 Å². The number of aryl methyl sites for hydroxylation is 1. The van der Waals surface area contributed by atoms with Crippen molar-refractivity contribution >= 4 is 10.0 Å². The van der Waals surface area contributed by atoms with Crippen LogP contribution in [0.5, 0.6) is 0 Å². The summed E-state index contributed by atoms with van der Waals surface area (Å²) in [7, 11) is -3.43. The van der Waals surface area contributed by atoms with Crippen molar-refractivity contribution in [3.63, 3.8) is 0 Å². The number of rotatable bonds is 2. The van der Waals surface area contributed by atoms with Gasteiger partial charge in [-0.25, -0.2) is 8.42 Å². The maximum absolute atomic E-state index is 12.4. The molecule has 0 saturated carbocycles. The van der Waals surface area contributed by atoms with Gasteiger partial charge in [0.2, 0.25) is 10.0 Å². The van der Waals surface area contributed by atoms with Gasteiger partial charge in [0.05, 0.1) is 4.90 Å². The van der Waals surface area contributed by atoms with Gasteiger partial charge in [-0.15, -0.1) is 0 Å². The lowest BCUT2D eigenvalue weighted by molar-refractivity contribution is -0.0410. The van der Waals surface area contributed by atoms with Gasteiger partial charge in [-0.1, -0.05) is 12.1 Å². The van der Waals surface area contributed by atoms with Gasteiger partial charge in [0.1, 0.15) is 6.23 Å². The lowest BCUT2D eigenvalue weighted by atomic mass is 10.2. The molecule has 0 spiro atoms. The molecule has 1 aliphatic rings. The van der Waals surface area contributed by atoms with Crippen LogP contribution in [0.4, 0.5) is 0 Å². The van der Waals surface area contributed by atoms with Crippen molar-refractivity contribution in [2.75, 3.05) is 13.2 Å². The normalized spacial score (nSPS) is 22.6. The van der Waals surface area contributed by atoms with Crippen LogP contribution in [-0.4, -0.2) is 32.1 Å². The van der Waals surface area contributed by atoms with E-state index in [1.54, 1.807) is 25.1 Å². The molecule has 1 aliphatic heterocycles. The van der Waals surface area contributed by atoms with E-state index < -0.39 is 10.0 Å². The molecule has 94 valence electrons. The van der Waals surface area contributed by atoms with Crippen molar-refractivity contribution < 1.29 is 13.2 Å². The maximum atomic E-state index is 12.4. The van der Waals surface area contributed by atoms with Crippen LogP contribution in [0.1, 0.15) is 18.9 Å². The fraction of sp³-hybridized carbons (Fsp3) is 0.500. The Balaban J connectivity index is 2.35.